The van der Waals surface area contributed by atoms with Crippen LogP contribution in [0.4, 0.5) is 17.2 Å². The Morgan fingerprint density at radius 1 is 1.35 bits per heavy atom. The zero-order chi connectivity index (χ0) is 14.3. The molecule has 98 valence electrons. The smallest absolute Gasteiger partial charge is 0.347 e. The van der Waals surface area contributed by atoms with E-state index in [9.17, 15) is 9.59 Å². The van der Waals surface area contributed by atoms with E-state index in [-0.39, 0.29) is 23.8 Å². The van der Waals surface area contributed by atoms with E-state index in [2.05, 4.69) is 9.97 Å². The lowest BCUT2D eigenvalue weighted by Gasteiger charge is -2.16. The molecule has 0 saturated heterocycles. The van der Waals surface area contributed by atoms with Crippen molar-refractivity contribution >= 4 is 23.1 Å². The molecule has 0 bridgehead atoms. The fourth-order valence-electron chi connectivity index (χ4n) is 2.21. The SMILES string of the molecule is N#Cc1cc(N2C(=O)Cc3cc(N)ccc32)nc(=O)[nH]1. The highest BCUT2D eigenvalue weighted by Crippen LogP contribution is 2.35. The summed E-state index contributed by atoms with van der Waals surface area (Å²) in [5.74, 6) is -0.0774. The first-order chi connectivity index (χ1) is 9.58. The maximum absolute atomic E-state index is 12.1. The molecule has 0 saturated carbocycles. The first-order valence-electron chi connectivity index (χ1n) is 5.81. The standard InChI is InChI=1S/C13H9N5O2/c14-6-9-5-11(17-13(20)16-9)18-10-2-1-8(15)3-7(10)4-12(18)19/h1-3,5H,4,15H2,(H,16,17,20). The number of nitrogens with zero attached hydrogens (tertiary/aromatic N) is 3. The Morgan fingerprint density at radius 3 is 2.90 bits per heavy atom. The van der Waals surface area contributed by atoms with Crippen molar-refractivity contribution in [3.8, 4) is 6.07 Å². The molecule has 0 radical (unpaired) electrons. The van der Waals surface area contributed by atoms with Gasteiger partial charge in [0.1, 0.15) is 17.6 Å². The van der Waals surface area contributed by atoms with Gasteiger partial charge in [-0.2, -0.15) is 10.2 Å². The van der Waals surface area contributed by atoms with Gasteiger partial charge in [-0.3, -0.25) is 14.7 Å². The van der Waals surface area contributed by atoms with Gasteiger partial charge in [0.15, 0.2) is 0 Å². The molecular weight excluding hydrogens is 258 g/mol. The van der Waals surface area contributed by atoms with Crippen molar-refractivity contribution in [1.29, 1.82) is 5.26 Å². The molecule has 0 aliphatic carbocycles. The highest BCUT2D eigenvalue weighted by molar-refractivity contribution is 6.06. The molecular formula is C13H9N5O2. The molecule has 7 heteroatoms. The number of aromatic nitrogens is 2. The topological polar surface area (TPSA) is 116 Å². The number of carbonyl (C=O) groups excluding carboxylic acids is 1. The highest BCUT2D eigenvalue weighted by atomic mass is 16.2. The summed E-state index contributed by atoms with van der Waals surface area (Å²) in [7, 11) is 0. The van der Waals surface area contributed by atoms with Gasteiger partial charge in [-0.25, -0.2) is 4.79 Å². The van der Waals surface area contributed by atoms with Gasteiger partial charge >= 0.3 is 5.69 Å². The highest BCUT2D eigenvalue weighted by Gasteiger charge is 2.30. The fraction of sp³-hybridized carbons (Fsp3) is 0.0769. The minimum Gasteiger partial charge on any atom is -0.399 e. The van der Waals surface area contributed by atoms with Gasteiger partial charge in [0, 0.05) is 11.8 Å². The van der Waals surface area contributed by atoms with Gasteiger partial charge in [0.2, 0.25) is 5.91 Å². The Hall–Kier alpha value is -3.14. The van der Waals surface area contributed by atoms with Crippen LogP contribution in [0.5, 0.6) is 0 Å². The van der Waals surface area contributed by atoms with E-state index < -0.39 is 5.69 Å². The van der Waals surface area contributed by atoms with E-state index in [0.717, 1.165) is 5.56 Å². The number of anilines is 3. The van der Waals surface area contributed by atoms with Crippen molar-refractivity contribution < 1.29 is 4.79 Å². The molecule has 1 aromatic carbocycles. The van der Waals surface area contributed by atoms with Crippen LogP contribution in [-0.4, -0.2) is 15.9 Å². The number of H-pyrrole nitrogens is 1. The number of fused-ring (bicyclic) bond motifs is 1. The fourth-order valence-corrected chi connectivity index (χ4v) is 2.21. The molecule has 2 aromatic rings. The number of carbonyl (C=O) groups is 1. The molecule has 3 rings (SSSR count). The Bertz CT molecular complexity index is 818. The third kappa shape index (κ3) is 1.80. The summed E-state index contributed by atoms with van der Waals surface area (Å²) in [6, 6.07) is 8.27. The number of nitrogens with two attached hydrogens (primary N) is 1. The number of hydrogen-bond acceptors (Lipinski definition) is 5. The third-order valence-corrected chi connectivity index (χ3v) is 3.02. The minimum absolute atomic E-state index is 0.0525. The number of amides is 1. The molecule has 1 aliphatic heterocycles. The van der Waals surface area contributed by atoms with Crippen LogP contribution in [0.15, 0.2) is 29.1 Å². The largest absolute Gasteiger partial charge is 0.399 e. The van der Waals surface area contributed by atoms with Gasteiger partial charge in [0.05, 0.1) is 12.1 Å². The van der Waals surface area contributed by atoms with Crippen molar-refractivity contribution in [2.75, 3.05) is 10.6 Å². The minimum atomic E-state index is -0.671. The molecule has 2 heterocycles. The molecule has 0 unspecified atom stereocenters. The number of aromatic amines is 1. The van der Waals surface area contributed by atoms with Gasteiger partial charge in [-0.15, -0.1) is 0 Å². The van der Waals surface area contributed by atoms with Gasteiger partial charge in [0.25, 0.3) is 0 Å². The molecule has 3 N–H and O–H groups in total. The summed E-state index contributed by atoms with van der Waals surface area (Å²) < 4.78 is 0. The normalized spacial score (nSPS) is 13.2. The molecule has 0 spiro atoms. The first kappa shape index (κ1) is 11.9. The molecule has 1 aliphatic rings. The average Bonchev–Trinajstić information content (AvgIpc) is 2.72. The second-order valence-electron chi connectivity index (χ2n) is 4.36. The van der Waals surface area contributed by atoms with Crippen molar-refractivity contribution in [3.63, 3.8) is 0 Å². The Labute approximate surface area is 113 Å². The van der Waals surface area contributed by atoms with Gasteiger partial charge in [-0.05, 0) is 23.8 Å². The van der Waals surface area contributed by atoms with E-state index in [1.807, 2.05) is 6.07 Å². The predicted octanol–water partition coefficient (Wildman–Crippen LogP) is 0.445. The number of hydrogen-bond donors (Lipinski definition) is 2. The predicted molar refractivity (Wildman–Crippen MR) is 71.3 cm³/mol. The van der Waals surface area contributed by atoms with E-state index >= 15 is 0 Å². The number of nitriles is 1. The van der Waals surface area contributed by atoms with Crippen LogP contribution in [0.2, 0.25) is 0 Å². The number of nitrogens with one attached hydrogen (secondary N) is 1. The lowest BCUT2D eigenvalue weighted by Crippen LogP contribution is -2.25. The maximum Gasteiger partial charge on any atom is 0.347 e. The van der Waals surface area contributed by atoms with Crippen LogP contribution < -0.4 is 16.3 Å². The summed E-state index contributed by atoms with van der Waals surface area (Å²) in [5, 5.41) is 8.86. The van der Waals surface area contributed by atoms with E-state index in [4.69, 9.17) is 11.0 Å². The van der Waals surface area contributed by atoms with Crippen molar-refractivity contribution in [1.82, 2.24) is 9.97 Å². The lowest BCUT2D eigenvalue weighted by atomic mass is 10.1. The van der Waals surface area contributed by atoms with E-state index in [1.54, 1.807) is 18.2 Å². The second kappa shape index (κ2) is 4.20. The van der Waals surface area contributed by atoms with Crippen molar-refractivity contribution in [2.45, 2.75) is 6.42 Å². The maximum atomic E-state index is 12.1. The van der Waals surface area contributed by atoms with E-state index in [0.29, 0.717) is 11.4 Å². The van der Waals surface area contributed by atoms with Crippen LogP contribution in [0.25, 0.3) is 0 Å². The van der Waals surface area contributed by atoms with Crippen LogP contribution >= 0.6 is 0 Å². The first-order valence-corrected chi connectivity index (χ1v) is 5.81. The van der Waals surface area contributed by atoms with Crippen LogP contribution in [0.3, 0.4) is 0 Å². The Morgan fingerprint density at radius 2 is 2.15 bits per heavy atom. The van der Waals surface area contributed by atoms with Crippen LogP contribution in [0, 0.1) is 11.3 Å². The summed E-state index contributed by atoms with van der Waals surface area (Å²) in [6.45, 7) is 0. The van der Waals surface area contributed by atoms with E-state index in [1.165, 1.54) is 11.0 Å². The molecule has 0 atom stereocenters. The second-order valence-corrected chi connectivity index (χ2v) is 4.36. The van der Waals surface area contributed by atoms with Gasteiger partial charge < -0.3 is 5.73 Å². The third-order valence-electron chi connectivity index (χ3n) is 3.02. The Balaban J connectivity index is 2.17. The molecule has 1 aromatic heterocycles. The van der Waals surface area contributed by atoms with Crippen LogP contribution in [-0.2, 0) is 11.2 Å². The molecule has 20 heavy (non-hydrogen) atoms. The number of nitrogen functional groups attached to an aromatic ring is 1. The summed E-state index contributed by atoms with van der Waals surface area (Å²) in [4.78, 5) is 30.9. The van der Waals surface area contributed by atoms with Crippen molar-refractivity contribution in [2.24, 2.45) is 0 Å². The summed E-state index contributed by atoms with van der Waals surface area (Å²) in [5.41, 5.74) is 7.04. The number of benzene rings is 1. The lowest BCUT2D eigenvalue weighted by molar-refractivity contribution is -0.116. The average molecular weight is 267 g/mol. The Kier molecular flexibility index (Phi) is 2.51. The zero-order valence-electron chi connectivity index (χ0n) is 10.3. The molecule has 7 nitrogen and oxygen atoms in total. The molecule has 0 fully saturated rings. The monoisotopic (exact) mass is 267 g/mol. The quantitative estimate of drug-likeness (QED) is 0.727. The molecule has 1 amide bonds. The summed E-state index contributed by atoms with van der Waals surface area (Å²) in [6.07, 6.45) is 0.191. The van der Waals surface area contributed by atoms with Crippen LogP contribution in [0.1, 0.15) is 11.3 Å². The summed E-state index contributed by atoms with van der Waals surface area (Å²) >= 11 is 0. The number of rotatable bonds is 1. The van der Waals surface area contributed by atoms with Gasteiger partial charge in [-0.1, -0.05) is 0 Å². The van der Waals surface area contributed by atoms with Crippen molar-refractivity contribution in [3.05, 3.63) is 46.0 Å². The zero-order valence-corrected chi connectivity index (χ0v) is 10.3.